The molecular weight excluding hydrogens is 528 g/mol. The van der Waals surface area contributed by atoms with E-state index in [-0.39, 0.29) is 11.6 Å². The van der Waals surface area contributed by atoms with Gasteiger partial charge in [0.25, 0.3) is 5.91 Å². The second kappa shape index (κ2) is 11.1. The largest absolute Gasteiger partial charge is 0.493 e. The van der Waals surface area contributed by atoms with Crippen molar-refractivity contribution in [2.45, 2.75) is 13.0 Å². The van der Waals surface area contributed by atoms with Gasteiger partial charge in [-0.2, -0.15) is 0 Å². The standard InChI is InChI=1S/C30H28N4O5S/c31-17-18-1-3-20(4-2-18)32-29(35)23-15-24-25(39-11-7-19-8-14-40-28(19)24)16-22(23)21-5-6-26(33-27(21)30(36)37)34-9-12-38-13-10-34/h1-6,8,14-16H,7,9-13,17,31H2,(H,32,35)(H,36,37). The lowest BCUT2D eigenvalue weighted by molar-refractivity contribution is 0.0691. The van der Waals surface area contributed by atoms with Crippen LogP contribution in [-0.2, 0) is 17.7 Å². The summed E-state index contributed by atoms with van der Waals surface area (Å²) in [4.78, 5) is 33.9. The number of carbonyl (C=O) groups excluding carboxylic acids is 1. The van der Waals surface area contributed by atoms with E-state index in [0.717, 1.165) is 28.0 Å². The molecule has 1 fully saturated rings. The molecule has 0 spiro atoms. The first-order valence-electron chi connectivity index (χ1n) is 13.1. The third-order valence-electron chi connectivity index (χ3n) is 7.14. The molecule has 0 atom stereocenters. The van der Waals surface area contributed by atoms with Gasteiger partial charge in [-0.1, -0.05) is 12.1 Å². The molecule has 6 rings (SSSR count). The first-order chi connectivity index (χ1) is 19.5. The van der Waals surface area contributed by atoms with Gasteiger partial charge in [0.05, 0.1) is 19.8 Å². The number of hydrogen-bond donors (Lipinski definition) is 3. The zero-order valence-corrected chi connectivity index (χ0v) is 22.5. The van der Waals surface area contributed by atoms with Crippen LogP contribution in [0.25, 0.3) is 21.6 Å². The summed E-state index contributed by atoms with van der Waals surface area (Å²) >= 11 is 1.59. The summed E-state index contributed by atoms with van der Waals surface area (Å²) in [5, 5.41) is 15.2. The van der Waals surface area contributed by atoms with Gasteiger partial charge in [0.2, 0.25) is 0 Å². The maximum absolute atomic E-state index is 13.8. The molecule has 9 nitrogen and oxygen atoms in total. The summed E-state index contributed by atoms with van der Waals surface area (Å²) in [7, 11) is 0. The first kappa shape index (κ1) is 26.0. The van der Waals surface area contributed by atoms with E-state index >= 15 is 0 Å². The number of carboxylic acid groups (broad SMARTS) is 1. The van der Waals surface area contributed by atoms with E-state index in [1.54, 1.807) is 47.7 Å². The number of pyridine rings is 1. The number of hydrogen-bond acceptors (Lipinski definition) is 8. The maximum atomic E-state index is 13.8. The van der Waals surface area contributed by atoms with Crippen molar-refractivity contribution in [3.8, 4) is 27.3 Å². The summed E-state index contributed by atoms with van der Waals surface area (Å²) in [6.07, 6.45) is 0.744. The molecule has 1 saturated heterocycles. The highest BCUT2D eigenvalue weighted by molar-refractivity contribution is 7.13. The monoisotopic (exact) mass is 556 g/mol. The highest BCUT2D eigenvalue weighted by Gasteiger charge is 2.26. The Morgan fingerprint density at radius 1 is 1.00 bits per heavy atom. The first-order valence-corrected chi connectivity index (χ1v) is 13.9. The lowest BCUT2D eigenvalue weighted by Crippen LogP contribution is -2.37. The van der Waals surface area contributed by atoms with Gasteiger partial charge in [0, 0.05) is 58.9 Å². The third kappa shape index (κ3) is 5.04. The number of carboxylic acids is 1. The molecule has 2 aromatic carbocycles. The average molecular weight is 557 g/mol. The summed E-state index contributed by atoms with van der Waals surface area (Å²) < 4.78 is 11.6. The average Bonchev–Trinajstić information content (AvgIpc) is 3.38. The van der Waals surface area contributed by atoms with Gasteiger partial charge >= 0.3 is 5.97 Å². The van der Waals surface area contributed by atoms with Crippen LogP contribution in [0.4, 0.5) is 11.5 Å². The van der Waals surface area contributed by atoms with Gasteiger partial charge in [-0.15, -0.1) is 11.3 Å². The van der Waals surface area contributed by atoms with Gasteiger partial charge in [0.15, 0.2) is 5.69 Å². The fourth-order valence-electron chi connectivity index (χ4n) is 5.05. The number of anilines is 2. The minimum Gasteiger partial charge on any atom is -0.493 e. The third-order valence-corrected chi connectivity index (χ3v) is 8.13. The summed E-state index contributed by atoms with van der Waals surface area (Å²) in [5.74, 6) is -0.377. The number of fused-ring (bicyclic) bond motifs is 3. The fourth-order valence-corrected chi connectivity index (χ4v) is 6.02. The van der Waals surface area contributed by atoms with Crippen LogP contribution in [0.5, 0.6) is 5.75 Å². The van der Waals surface area contributed by atoms with Gasteiger partial charge in [0.1, 0.15) is 11.6 Å². The Morgan fingerprint density at radius 3 is 2.55 bits per heavy atom. The maximum Gasteiger partial charge on any atom is 0.355 e. The number of nitrogens with zero attached hydrogens (tertiary/aromatic N) is 2. The van der Waals surface area contributed by atoms with Crippen LogP contribution in [0, 0.1) is 0 Å². The van der Waals surface area contributed by atoms with Gasteiger partial charge in [-0.05, 0) is 59.0 Å². The number of ether oxygens (including phenoxy) is 2. The molecule has 40 heavy (non-hydrogen) atoms. The Kier molecular flexibility index (Phi) is 7.21. The zero-order chi connectivity index (χ0) is 27.6. The molecule has 0 saturated carbocycles. The molecule has 2 aliphatic rings. The van der Waals surface area contributed by atoms with E-state index in [2.05, 4.69) is 16.4 Å². The number of carbonyl (C=O) groups is 2. The second-order valence-corrected chi connectivity index (χ2v) is 10.5. The molecule has 2 aliphatic heterocycles. The van der Waals surface area contributed by atoms with Crippen molar-refractivity contribution >= 4 is 34.7 Å². The number of aromatic nitrogens is 1. The molecule has 0 radical (unpaired) electrons. The molecule has 4 heterocycles. The van der Waals surface area contributed by atoms with Crippen LogP contribution in [-0.4, -0.2) is 54.9 Å². The lowest BCUT2D eigenvalue weighted by Gasteiger charge is -2.28. The van der Waals surface area contributed by atoms with E-state index in [9.17, 15) is 14.7 Å². The normalized spacial score (nSPS) is 14.5. The van der Waals surface area contributed by atoms with Crippen LogP contribution in [0.1, 0.15) is 32.0 Å². The summed E-state index contributed by atoms with van der Waals surface area (Å²) in [6.45, 7) is 3.23. The van der Waals surface area contributed by atoms with Crippen molar-refractivity contribution in [2.75, 3.05) is 43.1 Å². The van der Waals surface area contributed by atoms with E-state index in [1.807, 2.05) is 22.4 Å². The summed E-state index contributed by atoms with van der Waals surface area (Å²) in [6, 6.07) is 16.5. The van der Waals surface area contributed by atoms with Crippen molar-refractivity contribution in [1.82, 2.24) is 4.98 Å². The minimum absolute atomic E-state index is 0.129. The Hall–Kier alpha value is -4.25. The Labute approximate surface area is 235 Å². The quantitative estimate of drug-likeness (QED) is 0.313. The zero-order valence-electron chi connectivity index (χ0n) is 21.7. The molecule has 4 N–H and O–H groups in total. The van der Waals surface area contributed by atoms with E-state index in [4.69, 9.17) is 15.2 Å². The lowest BCUT2D eigenvalue weighted by atomic mass is 9.93. The van der Waals surface area contributed by atoms with Crippen LogP contribution in [0.2, 0.25) is 0 Å². The van der Waals surface area contributed by atoms with Gasteiger partial charge < -0.3 is 30.5 Å². The van der Waals surface area contributed by atoms with Gasteiger partial charge in [-0.25, -0.2) is 9.78 Å². The molecule has 1 amide bonds. The van der Waals surface area contributed by atoms with E-state index in [0.29, 0.717) is 73.4 Å². The molecule has 2 aromatic heterocycles. The number of nitrogens with one attached hydrogen (secondary N) is 1. The number of thiophene rings is 1. The van der Waals surface area contributed by atoms with Crippen molar-refractivity contribution in [3.63, 3.8) is 0 Å². The minimum atomic E-state index is -1.18. The second-order valence-electron chi connectivity index (χ2n) is 9.59. The van der Waals surface area contributed by atoms with Crippen LogP contribution in [0.15, 0.2) is 60.0 Å². The number of amides is 1. The number of nitrogens with two attached hydrogens (primary N) is 1. The van der Waals surface area contributed by atoms with Crippen LogP contribution < -0.4 is 20.7 Å². The molecule has 10 heteroatoms. The van der Waals surface area contributed by atoms with Crippen molar-refractivity contribution in [3.05, 3.63) is 82.4 Å². The highest BCUT2D eigenvalue weighted by Crippen LogP contribution is 2.43. The topological polar surface area (TPSA) is 127 Å². The van der Waals surface area contributed by atoms with Crippen molar-refractivity contribution in [1.29, 1.82) is 0 Å². The van der Waals surface area contributed by atoms with Crippen LogP contribution >= 0.6 is 11.3 Å². The predicted octanol–water partition coefficient (Wildman–Crippen LogP) is 4.66. The molecule has 0 unspecified atom stereocenters. The number of aromatic carboxylic acids is 1. The fraction of sp³-hybridized carbons (Fsp3) is 0.233. The number of benzene rings is 2. The molecule has 204 valence electrons. The molecule has 0 aliphatic carbocycles. The Bertz CT molecular complexity index is 1580. The molecule has 4 aromatic rings. The Morgan fingerprint density at radius 2 is 1.80 bits per heavy atom. The number of rotatable bonds is 6. The van der Waals surface area contributed by atoms with E-state index < -0.39 is 5.97 Å². The summed E-state index contributed by atoms with van der Waals surface area (Å²) in [5.41, 5.74) is 10.2. The van der Waals surface area contributed by atoms with Gasteiger partial charge in [-0.3, -0.25) is 4.79 Å². The van der Waals surface area contributed by atoms with E-state index in [1.165, 1.54) is 0 Å². The van der Waals surface area contributed by atoms with Crippen molar-refractivity contribution < 1.29 is 24.2 Å². The highest BCUT2D eigenvalue weighted by atomic mass is 32.1. The van der Waals surface area contributed by atoms with Crippen molar-refractivity contribution in [2.24, 2.45) is 5.73 Å². The SMILES string of the molecule is NCc1ccc(NC(=O)c2cc3c(cc2-c2ccc(N4CCOCC4)nc2C(=O)O)OCCc2ccsc2-3)cc1. The molecular formula is C30H28N4O5S. The number of morpholine rings is 1. The Balaban J connectivity index is 1.48. The molecule has 0 bridgehead atoms. The smallest absolute Gasteiger partial charge is 0.355 e. The predicted molar refractivity (Wildman–Crippen MR) is 154 cm³/mol. The van der Waals surface area contributed by atoms with Crippen LogP contribution in [0.3, 0.4) is 0 Å².